The number of aryl methyl sites for hydroxylation is 1. The fourth-order valence-electron chi connectivity index (χ4n) is 17.9. The molecule has 0 spiro atoms. The molecule has 0 aromatic heterocycles. The highest BCUT2D eigenvalue weighted by molar-refractivity contribution is 7.02. The second-order valence-electron chi connectivity index (χ2n) is 27.8. The summed E-state index contributed by atoms with van der Waals surface area (Å²) in [6, 6.07) is 93.4. The zero-order valence-electron chi connectivity index (χ0n) is 55.8. The SMILES string of the molecule is Cc1ccc2c(c1)N(c1ccccc1)c1cc(C(F)(F)F)cc3c1B2c1cc2c(-c4c(-c5ccccc5)cccc4-c4ccccc4)cc4c5c(cc6c(-c7c(-c8ccccc8)cccc7-c7ccccc7)cc-3c1c6c25)B1c2ccc(C(F)(F)F)cc2N(c2ccccc2)c2cc(C(F)(F)F)cc-4c21. The number of hydrogen-bond acceptors (Lipinski definition) is 2. The molecular formula is C92H53B2F9N2. The molecule has 2 nitrogen and oxygen atoms in total. The van der Waals surface area contributed by atoms with Gasteiger partial charge in [-0.1, -0.05) is 241 Å². The molecule has 0 N–H and O–H groups in total. The summed E-state index contributed by atoms with van der Waals surface area (Å²) in [5.74, 6) is 0. The van der Waals surface area contributed by atoms with Gasteiger partial charge in [0.25, 0.3) is 0 Å². The van der Waals surface area contributed by atoms with E-state index in [0.717, 1.165) is 90.3 Å². The molecule has 0 aliphatic carbocycles. The molecule has 16 aromatic rings. The number of halogens is 9. The molecule has 105 heavy (non-hydrogen) atoms. The van der Waals surface area contributed by atoms with Gasteiger partial charge >= 0.3 is 18.5 Å². The van der Waals surface area contributed by atoms with E-state index in [0.29, 0.717) is 105 Å². The second kappa shape index (κ2) is 22.8. The molecule has 0 unspecified atom stereocenters. The first kappa shape index (κ1) is 62.4. The smallest absolute Gasteiger partial charge is 0.311 e. The van der Waals surface area contributed by atoms with Crippen LogP contribution in [-0.2, 0) is 18.5 Å². The Morgan fingerprint density at radius 1 is 0.248 bits per heavy atom. The van der Waals surface area contributed by atoms with Gasteiger partial charge in [-0.25, -0.2) is 0 Å². The number of rotatable bonds is 8. The van der Waals surface area contributed by atoms with Crippen LogP contribution in [0.3, 0.4) is 0 Å². The number of benzene rings is 16. The van der Waals surface area contributed by atoms with Crippen LogP contribution in [0.1, 0.15) is 22.3 Å². The van der Waals surface area contributed by atoms with Crippen molar-refractivity contribution in [3.8, 4) is 89.0 Å². The number of hydrogen-bond donors (Lipinski definition) is 0. The van der Waals surface area contributed by atoms with Crippen molar-refractivity contribution in [1.29, 1.82) is 0 Å². The maximum atomic E-state index is 16.6. The van der Waals surface area contributed by atoms with Crippen molar-refractivity contribution in [2.24, 2.45) is 0 Å². The Labute approximate surface area is 598 Å². The lowest BCUT2D eigenvalue weighted by molar-refractivity contribution is -0.138. The molecule has 13 heteroatoms. The van der Waals surface area contributed by atoms with Crippen LogP contribution in [-0.4, -0.2) is 13.4 Å². The molecular weight excluding hydrogens is 1330 g/mol. The van der Waals surface area contributed by atoms with Crippen molar-refractivity contribution in [2.45, 2.75) is 25.5 Å². The quantitative estimate of drug-likeness (QED) is 0.0850. The predicted octanol–water partition coefficient (Wildman–Crippen LogP) is 22.5. The van der Waals surface area contributed by atoms with Gasteiger partial charge < -0.3 is 9.80 Å². The average molecular weight is 1380 g/mol. The van der Waals surface area contributed by atoms with Gasteiger partial charge in [0, 0.05) is 34.1 Å². The van der Waals surface area contributed by atoms with Gasteiger partial charge in [0.15, 0.2) is 0 Å². The van der Waals surface area contributed by atoms with E-state index in [1.807, 2.05) is 188 Å². The van der Waals surface area contributed by atoms with Crippen molar-refractivity contribution >= 4 is 113 Å². The zero-order chi connectivity index (χ0) is 71.1. The van der Waals surface area contributed by atoms with Crippen LogP contribution < -0.4 is 42.6 Å². The Hall–Kier alpha value is -12.3. The van der Waals surface area contributed by atoms with Gasteiger partial charge in [0.05, 0.1) is 16.7 Å². The molecule has 4 aliphatic rings. The summed E-state index contributed by atoms with van der Waals surface area (Å²) >= 11 is 0. The summed E-state index contributed by atoms with van der Waals surface area (Å²) in [5.41, 5.74) is 15.2. The van der Waals surface area contributed by atoms with Crippen LogP contribution in [0.15, 0.2) is 303 Å². The fraction of sp³-hybridized carbons (Fsp3) is 0.0435. The lowest BCUT2D eigenvalue weighted by Crippen LogP contribution is -2.60. The summed E-state index contributed by atoms with van der Waals surface area (Å²) < 4.78 is 146. The predicted molar refractivity (Wildman–Crippen MR) is 412 cm³/mol. The van der Waals surface area contributed by atoms with Crippen LogP contribution in [0.2, 0.25) is 0 Å². The number of alkyl halides is 9. The monoisotopic (exact) mass is 1380 g/mol. The van der Waals surface area contributed by atoms with Gasteiger partial charge in [-0.05, 0) is 228 Å². The van der Waals surface area contributed by atoms with E-state index >= 15 is 39.5 Å². The minimum Gasteiger partial charge on any atom is -0.311 e. The third-order valence-corrected chi connectivity index (χ3v) is 22.1. The molecule has 0 bridgehead atoms. The summed E-state index contributed by atoms with van der Waals surface area (Å²) in [6.45, 7) is 0.245. The Balaban J connectivity index is 1.06. The molecule has 0 saturated carbocycles. The van der Waals surface area contributed by atoms with Crippen LogP contribution in [0, 0.1) is 6.92 Å². The molecule has 0 fully saturated rings. The minimum absolute atomic E-state index is 0.0565. The van der Waals surface area contributed by atoms with Crippen molar-refractivity contribution in [3.63, 3.8) is 0 Å². The standard InChI is InChI=1S/C92H53B2F9N2/c1-52-38-40-74-78(42-52)104(60-30-16-6-17-31-60)80-46-58(91(98,99)100)43-72-68-48-67(83-64(55-26-12-4-13-27-55)36-21-37-65(83)56-28-14-5-15-29-56)71-51-77-85-69(73-44-59(92(101,102)103)47-81-89(73)94(77)75-41-39-57(90(95,96)97)45-79(75)105(81)61-32-18-7-19-33-61)49-66(70-50-76(93(74)88(72)80)84(68)86(71)87(70)85)82-62(53-22-8-2-9-23-53)34-20-35-63(82)54-24-10-3-11-25-54/h2-51H,1H3. The maximum Gasteiger partial charge on any atom is 0.416 e. The summed E-state index contributed by atoms with van der Waals surface area (Å²) in [6.07, 6.45) is -14.7. The molecule has 16 aromatic carbocycles. The van der Waals surface area contributed by atoms with E-state index in [1.165, 1.54) is 24.3 Å². The van der Waals surface area contributed by atoms with Crippen molar-refractivity contribution in [3.05, 3.63) is 326 Å². The Morgan fingerprint density at radius 3 is 0.943 bits per heavy atom. The number of fused-ring (bicyclic) bond motifs is 8. The van der Waals surface area contributed by atoms with Crippen molar-refractivity contribution < 1.29 is 39.5 Å². The molecule has 0 saturated heterocycles. The van der Waals surface area contributed by atoms with Gasteiger partial charge in [-0.2, -0.15) is 39.5 Å². The first-order chi connectivity index (χ1) is 50.9. The van der Waals surface area contributed by atoms with E-state index in [4.69, 9.17) is 0 Å². The first-order valence-corrected chi connectivity index (χ1v) is 34.8. The van der Waals surface area contributed by atoms with Crippen LogP contribution in [0.5, 0.6) is 0 Å². The van der Waals surface area contributed by atoms with E-state index < -0.39 is 48.6 Å². The number of nitrogens with zero attached hydrogens (tertiary/aromatic N) is 2. The third-order valence-electron chi connectivity index (χ3n) is 22.1. The van der Waals surface area contributed by atoms with Gasteiger partial charge in [-0.15, -0.1) is 0 Å². The maximum absolute atomic E-state index is 16.6. The molecule has 0 atom stereocenters. The topological polar surface area (TPSA) is 6.48 Å². The Kier molecular flexibility index (Phi) is 13.6. The van der Waals surface area contributed by atoms with E-state index in [1.54, 1.807) is 35.2 Å². The molecule has 0 amide bonds. The molecule has 500 valence electrons. The summed E-state index contributed by atoms with van der Waals surface area (Å²) in [4.78, 5) is 3.52. The lowest BCUT2D eigenvalue weighted by Gasteiger charge is -2.43. The minimum atomic E-state index is -4.98. The van der Waals surface area contributed by atoms with Crippen LogP contribution in [0.4, 0.5) is 73.6 Å². The van der Waals surface area contributed by atoms with Gasteiger partial charge in [-0.3, -0.25) is 0 Å². The van der Waals surface area contributed by atoms with E-state index in [-0.39, 0.29) is 16.9 Å². The average Bonchev–Trinajstić information content (AvgIpc) is 0.661. The first-order valence-electron chi connectivity index (χ1n) is 34.8. The van der Waals surface area contributed by atoms with Crippen LogP contribution >= 0.6 is 0 Å². The Bertz CT molecular complexity index is 6060. The van der Waals surface area contributed by atoms with Crippen molar-refractivity contribution in [1.82, 2.24) is 0 Å². The highest BCUT2D eigenvalue weighted by Gasteiger charge is 2.49. The van der Waals surface area contributed by atoms with Crippen LogP contribution in [0.25, 0.3) is 121 Å². The Morgan fingerprint density at radius 2 is 0.581 bits per heavy atom. The fourth-order valence-corrected chi connectivity index (χ4v) is 17.9. The highest BCUT2D eigenvalue weighted by atomic mass is 19.4. The van der Waals surface area contributed by atoms with E-state index in [2.05, 4.69) is 54.6 Å². The summed E-state index contributed by atoms with van der Waals surface area (Å²) in [7, 11) is 0. The van der Waals surface area contributed by atoms with E-state index in [9.17, 15) is 0 Å². The van der Waals surface area contributed by atoms with Gasteiger partial charge in [0.2, 0.25) is 13.4 Å². The van der Waals surface area contributed by atoms with Crippen molar-refractivity contribution in [2.75, 3.05) is 9.80 Å². The molecule has 0 radical (unpaired) electrons. The largest absolute Gasteiger partial charge is 0.416 e. The third kappa shape index (κ3) is 9.42. The molecule has 20 rings (SSSR count). The highest BCUT2D eigenvalue weighted by Crippen LogP contribution is 2.57. The zero-order valence-corrected chi connectivity index (χ0v) is 55.8. The number of para-hydroxylation sites is 2. The second-order valence-corrected chi connectivity index (χ2v) is 27.8. The lowest BCUT2D eigenvalue weighted by atomic mass is 9.31. The molecule has 4 heterocycles. The molecule has 4 aliphatic heterocycles. The normalized spacial score (nSPS) is 13.4. The number of anilines is 6. The van der Waals surface area contributed by atoms with Gasteiger partial charge in [0.1, 0.15) is 0 Å². The summed E-state index contributed by atoms with van der Waals surface area (Å²) in [5, 5.41) is 3.95.